The highest BCUT2D eigenvalue weighted by atomic mass is 32.2. The van der Waals surface area contributed by atoms with E-state index < -0.39 is 0 Å². The second kappa shape index (κ2) is 7.60. The van der Waals surface area contributed by atoms with E-state index in [4.69, 9.17) is 4.42 Å². The Balaban J connectivity index is 1.50. The van der Waals surface area contributed by atoms with Crippen LogP contribution < -0.4 is 5.43 Å². The lowest BCUT2D eigenvalue weighted by Crippen LogP contribution is -2.02. The van der Waals surface area contributed by atoms with Gasteiger partial charge in [-0.15, -0.1) is 5.10 Å². The third-order valence-corrected chi connectivity index (χ3v) is 3.92. The number of thioether (sulfide) groups is 1. The van der Waals surface area contributed by atoms with Crippen LogP contribution in [0.4, 0.5) is 5.95 Å². The fourth-order valence-corrected chi connectivity index (χ4v) is 2.53. The molecule has 8 heteroatoms. The Morgan fingerprint density at radius 3 is 2.96 bits per heavy atom. The number of nitrogens with one attached hydrogen (secondary N) is 2. The van der Waals surface area contributed by atoms with Crippen molar-refractivity contribution in [3.63, 3.8) is 0 Å². The van der Waals surface area contributed by atoms with Crippen LogP contribution in [-0.2, 0) is 0 Å². The average Bonchev–Trinajstić information content (AvgIpc) is 3.25. The zero-order valence-corrected chi connectivity index (χ0v) is 13.7. The van der Waals surface area contributed by atoms with Crippen molar-refractivity contribution in [2.45, 2.75) is 12.1 Å². The van der Waals surface area contributed by atoms with Gasteiger partial charge in [0.2, 0.25) is 11.1 Å². The van der Waals surface area contributed by atoms with Gasteiger partial charge in [-0.3, -0.25) is 4.79 Å². The lowest BCUT2D eigenvalue weighted by Gasteiger charge is -1.99. The van der Waals surface area contributed by atoms with Gasteiger partial charge in [0, 0.05) is 5.56 Å². The molecule has 0 bridgehead atoms. The van der Waals surface area contributed by atoms with Crippen molar-refractivity contribution in [2.24, 2.45) is 5.10 Å². The van der Waals surface area contributed by atoms with Crippen molar-refractivity contribution in [1.82, 2.24) is 15.2 Å². The summed E-state index contributed by atoms with van der Waals surface area (Å²) in [6.07, 6.45) is 3.09. The number of H-pyrrole nitrogens is 1. The topological polar surface area (TPSA) is 96.2 Å². The number of ketones is 1. The van der Waals surface area contributed by atoms with Gasteiger partial charge in [0.05, 0.1) is 18.2 Å². The Kier molecular flexibility index (Phi) is 5.07. The summed E-state index contributed by atoms with van der Waals surface area (Å²) < 4.78 is 5.11. The summed E-state index contributed by atoms with van der Waals surface area (Å²) in [6.45, 7) is 1.99. The summed E-state index contributed by atoms with van der Waals surface area (Å²) in [5.74, 6) is 1.33. The number of carbonyl (C=O) groups is 1. The number of aromatic amines is 1. The number of hydrazone groups is 1. The van der Waals surface area contributed by atoms with Crippen LogP contribution in [-0.4, -0.2) is 32.9 Å². The van der Waals surface area contributed by atoms with Crippen molar-refractivity contribution >= 4 is 29.7 Å². The van der Waals surface area contributed by atoms with E-state index in [2.05, 4.69) is 25.7 Å². The fraction of sp³-hybridized carbons (Fsp3) is 0.125. The van der Waals surface area contributed by atoms with E-state index >= 15 is 0 Å². The summed E-state index contributed by atoms with van der Waals surface area (Å²) >= 11 is 1.27. The number of aryl methyl sites for hydroxylation is 1. The number of hydrogen-bond acceptors (Lipinski definition) is 7. The number of furan rings is 1. The van der Waals surface area contributed by atoms with Gasteiger partial charge in [0.15, 0.2) is 5.78 Å². The van der Waals surface area contributed by atoms with Crippen LogP contribution in [0.5, 0.6) is 0 Å². The molecule has 0 unspecified atom stereocenters. The number of benzene rings is 1. The fourth-order valence-electron chi connectivity index (χ4n) is 1.84. The van der Waals surface area contributed by atoms with Crippen LogP contribution in [0.25, 0.3) is 0 Å². The molecule has 24 heavy (non-hydrogen) atoms. The molecule has 0 aliphatic heterocycles. The predicted molar refractivity (Wildman–Crippen MR) is 92.5 cm³/mol. The minimum Gasteiger partial charge on any atom is -0.463 e. The first kappa shape index (κ1) is 16.0. The third-order valence-electron chi connectivity index (χ3n) is 3.08. The molecular weight excluding hydrogens is 326 g/mol. The Labute approximate surface area is 142 Å². The quantitative estimate of drug-likeness (QED) is 0.297. The number of nitrogens with zero attached hydrogens (tertiary/aromatic N) is 3. The molecule has 0 aliphatic carbocycles. The lowest BCUT2D eigenvalue weighted by atomic mass is 10.1. The largest absolute Gasteiger partial charge is 0.463 e. The Bertz CT molecular complexity index is 825. The van der Waals surface area contributed by atoms with Crippen LogP contribution in [0.15, 0.2) is 57.3 Å². The Hall–Kier alpha value is -2.87. The maximum atomic E-state index is 12.1. The molecule has 0 amide bonds. The van der Waals surface area contributed by atoms with Gasteiger partial charge in [-0.1, -0.05) is 41.6 Å². The van der Waals surface area contributed by atoms with Gasteiger partial charge in [-0.05, 0) is 19.1 Å². The molecule has 2 heterocycles. The monoisotopic (exact) mass is 341 g/mol. The van der Waals surface area contributed by atoms with Gasteiger partial charge in [0.1, 0.15) is 5.76 Å². The van der Waals surface area contributed by atoms with Crippen LogP contribution in [0.3, 0.4) is 0 Å². The van der Waals surface area contributed by atoms with Gasteiger partial charge in [0.25, 0.3) is 0 Å². The molecule has 7 nitrogen and oxygen atoms in total. The lowest BCUT2D eigenvalue weighted by molar-refractivity contribution is 0.102. The molecule has 2 N–H and O–H groups in total. The van der Waals surface area contributed by atoms with Crippen LogP contribution in [0, 0.1) is 6.92 Å². The second-order valence-electron chi connectivity index (χ2n) is 4.93. The molecular formula is C16H15N5O2S. The number of anilines is 1. The van der Waals surface area contributed by atoms with Gasteiger partial charge in [-0.25, -0.2) is 10.5 Å². The number of aromatic nitrogens is 3. The van der Waals surface area contributed by atoms with Crippen molar-refractivity contribution in [1.29, 1.82) is 0 Å². The normalized spacial score (nSPS) is 11.0. The van der Waals surface area contributed by atoms with Gasteiger partial charge >= 0.3 is 0 Å². The molecule has 0 aliphatic rings. The summed E-state index contributed by atoms with van der Waals surface area (Å²) in [5, 5.41) is 11.2. The van der Waals surface area contributed by atoms with Crippen molar-refractivity contribution < 1.29 is 9.21 Å². The molecule has 3 aromatic rings. The van der Waals surface area contributed by atoms with E-state index in [0.29, 0.717) is 22.4 Å². The molecule has 0 saturated heterocycles. The average molecular weight is 341 g/mol. The maximum Gasteiger partial charge on any atom is 0.240 e. The van der Waals surface area contributed by atoms with E-state index in [1.54, 1.807) is 18.4 Å². The third kappa shape index (κ3) is 4.32. The molecule has 0 saturated carbocycles. The molecule has 2 aromatic heterocycles. The molecule has 0 atom stereocenters. The second-order valence-corrected chi connectivity index (χ2v) is 5.87. The van der Waals surface area contributed by atoms with E-state index in [0.717, 1.165) is 5.56 Å². The number of rotatable bonds is 7. The minimum absolute atomic E-state index is 0.0372. The number of Topliss-reactive ketones (excluding diaryl/α,β-unsaturated/α-hetero) is 1. The zero-order valence-electron chi connectivity index (χ0n) is 12.9. The summed E-state index contributed by atoms with van der Waals surface area (Å²) in [4.78, 5) is 16.3. The summed E-state index contributed by atoms with van der Waals surface area (Å²) in [7, 11) is 0. The van der Waals surface area contributed by atoms with E-state index in [1.165, 1.54) is 18.0 Å². The highest BCUT2D eigenvalue weighted by Crippen LogP contribution is 2.16. The maximum absolute atomic E-state index is 12.1. The van der Waals surface area contributed by atoms with E-state index in [9.17, 15) is 4.79 Å². The van der Waals surface area contributed by atoms with E-state index in [-0.39, 0.29) is 11.5 Å². The van der Waals surface area contributed by atoms with E-state index in [1.807, 2.05) is 31.2 Å². The SMILES string of the molecule is Cc1ccc(C(=O)CSc2n[nH]c(N/N=C\c3ccco3)n2)cc1. The molecule has 0 spiro atoms. The van der Waals surface area contributed by atoms with Crippen molar-refractivity contribution in [2.75, 3.05) is 11.2 Å². The molecule has 0 fully saturated rings. The van der Waals surface area contributed by atoms with Gasteiger partial charge in [-0.2, -0.15) is 10.1 Å². The molecule has 3 rings (SSSR count). The van der Waals surface area contributed by atoms with Crippen molar-refractivity contribution in [3.05, 3.63) is 59.5 Å². The molecule has 1 aromatic carbocycles. The first-order valence-electron chi connectivity index (χ1n) is 7.18. The highest BCUT2D eigenvalue weighted by molar-refractivity contribution is 7.99. The number of hydrogen-bond donors (Lipinski definition) is 2. The first-order chi connectivity index (χ1) is 11.7. The smallest absolute Gasteiger partial charge is 0.240 e. The predicted octanol–water partition coefficient (Wildman–Crippen LogP) is 3.13. The van der Waals surface area contributed by atoms with Gasteiger partial charge < -0.3 is 4.42 Å². The number of carbonyl (C=O) groups excluding carboxylic acids is 1. The Morgan fingerprint density at radius 2 is 2.21 bits per heavy atom. The highest BCUT2D eigenvalue weighted by Gasteiger charge is 2.09. The zero-order chi connectivity index (χ0) is 16.8. The van der Waals surface area contributed by atoms with Crippen LogP contribution in [0.2, 0.25) is 0 Å². The molecule has 122 valence electrons. The van der Waals surface area contributed by atoms with Crippen LogP contribution >= 0.6 is 11.8 Å². The standard InChI is InChI=1S/C16H15N5O2S/c1-11-4-6-12(7-5-11)14(22)10-24-16-18-15(20-21-16)19-17-9-13-3-2-8-23-13/h2-9H,10H2,1H3,(H2,18,19,20,21)/b17-9-. The Morgan fingerprint density at radius 1 is 1.38 bits per heavy atom. The first-order valence-corrected chi connectivity index (χ1v) is 8.17. The van der Waals surface area contributed by atoms with Crippen molar-refractivity contribution in [3.8, 4) is 0 Å². The molecule has 0 radical (unpaired) electrons. The minimum atomic E-state index is 0.0372. The van der Waals surface area contributed by atoms with Crippen LogP contribution in [0.1, 0.15) is 21.7 Å². The summed E-state index contributed by atoms with van der Waals surface area (Å²) in [5.41, 5.74) is 4.52. The summed E-state index contributed by atoms with van der Waals surface area (Å²) in [6, 6.07) is 11.0.